The summed E-state index contributed by atoms with van der Waals surface area (Å²) in [6.45, 7) is 1.12. The zero-order valence-corrected chi connectivity index (χ0v) is 13.9. The van der Waals surface area contributed by atoms with Crippen LogP contribution in [-0.4, -0.2) is 23.4 Å². The largest absolute Gasteiger partial charge is 1.00 e. The molecule has 0 aliphatic carbocycles. The van der Waals surface area contributed by atoms with Crippen LogP contribution in [0.2, 0.25) is 0 Å². The number of benzene rings is 1. The summed E-state index contributed by atoms with van der Waals surface area (Å²) in [5.41, 5.74) is 0.283. The summed E-state index contributed by atoms with van der Waals surface area (Å²) in [6, 6.07) is 6.33. The van der Waals surface area contributed by atoms with Crippen molar-refractivity contribution in [3.63, 3.8) is 0 Å². The molecule has 0 saturated carbocycles. The number of amides is 2. The predicted octanol–water partition coefficient (Wildman–Crippen LogP) is -1.90. The van der Waals surface area contributed by atoms with Gasteiger partial charge in [-0.1, -0.05) is 15.9 Å². The van der Waals surface area contributed by atoms with Gasteiger partial charge in [-0.3, -0.25) is 19.2 Å². The van der Waals surface area contributed by atoms with E-state index in [9.17, 15) is 19.2 Å². The van der Waals surface area contributed by atoms with Crippen molar-refractivity contribution >= 4 is 45.0 Å². The number of halogens is 1. The Labute approximate surface area is 139 Å². The van der Waals surface area contributed by atoms with E-state index in [1.165, 1.54) is 12.1 Å². The summed E-state index contributed by atoms with van der Waals surface area (Å²) < 4.78 is 0.778. The van der Waals surface area contributed by atoms with Gasteiger partial charge < -0.3 is 0 Å². The number of rotatable bonds is 2. The molecule has 92 valence electrons. The fourth-order valence-electron chi connectivity index (χ4n) is 1.77. The Morgan fingerprint density at radius 1 is 1.16 bits per heavy atom. The van der Waals surface area contributed by atoms with Gasteiger partial charge in [0.1, 0.15) is 5.78 Å². The maximum absolute atomic E-state index is 11.9. The second-order valence-electron chi connectivity index (χ2n) is 3.86. The van der Waals surface area contributed by atoms with Gasteiger partial charge in [0.25, 0.3) is 5.91 Å². The third-order valence-electron chi connectivity index (χ3n) is 2.63. The second kappa shape index (κ2) is 6.09. The summed E-state index contributed by atoms with van der Waals surface area (Å²) in [5, 5.41) is 0. The number of hydrogen-bond acceptors (Lipinski definition) is 4. The van der Waals surface area contributed by atoms with E-state index in [1.54, 1.807) is 12.1 Å². The number of anilines is 1. The van der Waals surface area contributed by atoms with Crippen LogP contribution in [0.5, 0.6) is 0 Å². The zero-order valence-electron chi connectivity index (χ0n) is 10.3. The molecule has 0 aromatic heterocycles. The molecule has 19 heavy (non-hydrogen) atoms. The molecule has 5 nitrogen and oxygen atoms in total. The van der Waals surface area contributed by atoms with Crippen molar-refractivity contribution in [3.8, 4) is 0 Å². The quantitative estimate of drug-likeness (QED) is 0.274. The van der Waals surface area contributed by atoms with Crippen LogP contribution in [0.1, 0.15) is 6.92 Å². The molecule has 1 aliphatic heterocycles. The Kier molecular flexibility index (Phi) is 5.20. The van der Waals surface area contributed by atoms with Gasteiger partial charge in [-0.2, -0.15) is 0 Å². The topological polar surface area (TPSA) is 71.5 Å². The van der Waals surface area contributed by atoms with Gasteiger partial charge in [0.15, 0.2) is 5.92 Å². The van der Waals surface area contributed by atoms with Crippen molar-refractivity contribution in [1.29, 1.82) is 0 Å². The Bertz CT molecular complexity index is 570. The van der Waals surface area contributed by atoms with E-state index in [-0.39, 0.29) is 35.2 Å². The minimum Gasteiger partial charge on any atom is -0.299 e. The van der Waals surface area contributed by atoms with Crippen LogP contribution in [0.15, 0.2) is 28.7 Å². The molecule has 2 rings (SSSR count). The van der Waals surface area contributed by atoms with Crippen LogP contribution >= 0.6 is 15.9 Å². The minimum absolute atomic E-state index is 0. The van der Waals surface area contributed by atoms with E-state index in [2.05, 4.69) is 15.9 Å². The Morgan fingerprint density at radius 3 is 2.11 bits per heavy atom. The normalized spacial score (nSPS) is 18.5. The van der Waals surface area contributed by atoms with E-state index >= 15 is 0 Å². The number of nitrogens with zero attached hydrogens (tertiary/aromatic N) is 1. The average Bonchev–Trinajstić information content (AvgIpc) is 2.52. The van der Waals surface area contributed by atoms with Crippen LogP contribution in [0.4, 0.5) is 5.69 Å². The molecule has 1 saturated heterocycles. The van der Waals surface area contributed by atoms with Crippen molar-refractivity contribution in [2.45, 2.75) is 6.92 Å². The van der Waals surface area contributed by atoms with Gasteiger partial charge in [0, 0.05) is 4.47 Å². The predicted molar refractivity (Wildman–Crippen MR) is 65.8 cm³/mol. The van der Waals surface area contributed by atoms with Crippen LogP contribution in [-0.2, 0) is 19.2 Å². The summed E-state index contributed by atoms with van der Waals surface area (Å²) >= 11 is 3.22. The molecule has 1 heterocycles. The summed E-state index contributed by atoms with van der Waals surface area (Å²) in [7, 11) is 0. The molecular weight excluding hydrogens is 325 g/mol. The first kappa shape index (κ1) is 16.2. The van der Waals surface area contributed by atoms with Crippen molar-refractivity contribution in [1.82, 2.24) is 0 Å². The van der Waals surface area contributed by atoms with Gasteiger partial charge in [0.2, 0.25) is 5.78 Å². The Morgan fingerprint density at radius 2 is 1.68 bits per heavy atom. The monoisotopic (exact) mass is 332 g/mol. The van der Waals surface area contributed by atoms with E-state index in [4.69, 9.17) is 0 Å². The van der Waals surface area contributed by atoms with Crippen LogP contribution in [0.25, 0.3) is 0 Å². The summed E-state index contributed by atoms with van der Waals surface area (Å²) in [6.07, 6.45) is 0. The number of carbonyl (C=O) groups excluding carboxylic acids is 4. The first-order chi connectivity index (χ1) is 8.43. The van der Waals surface area contributed by atoms with Crippen molar-refractivity contribution in [3.05, 3.63) is 28.7 Å². The van der Waals surface area contributed by atoms with Crippen molar-refractivity contribution < 1.29 is 48.7 Å². The third-order valence-corrected chi connectivity index (χ3v) is 3.16. The summed E-state index contributed by atoms with van der Waals surface area (Å²) in [5.74, 6) is -4.79. The summed E-state index contributed by atoms with van der Waals surface area (Å²) in [4.78, 5) is 47.1. The molecule has 1 fully saturated rings. The molecule has 0 spiro atoms. The number of ketones is 2. The molecule has 0 N–H and O–H groups in total. The van der Waals surface area contributed by atoms with Crippen LogP contribution in [0, 0.1) is 5.92 Å². The maximum Gasteiger partial charge on any atom is 1.00 e. The van der Waals surface area contributed by atoms with E-state index < -0.39 is 29.3 Å². The smallest absolute Gasteiger partial charge is 0.299 e. The van der Waals surface area contributed by atoms with Gasteiger partial charge in [-0.05, 0) is 31.2 Å². The molecule has 1 aromatic carbocycles. The molecule has 2 amide bonds. The fourth-order valence-corrected chi connectivity index (χ4v) is 2.03. The van der Waals surface area contributed by atoms with Crippen LogP contribution in [0.3, 0.4) is 0 Å². The first-order valence-corrected chi connectivity index (χ1v) is 5.91. The third kappa shape index (κ3) is 2.86. The molecule has 1 atom stereocenters. The van der Waals surface area contributed by atoms with E-state index in [0.717, 1.165) is 16.3 Å². The zero-order chi connectivity index (χ0) is 13.4. The molecule has 0 radical (unpaired) electrons. The number of carbonyl (C=O) groups is 4. The maximum atomic E-state index is 11.9. The molecule has 1 aliphatic rings. The fraction of sp³-hybridized carbons (Fsp3) is 0.167. The van der Waals surface area contributed by atoms with Gasteiger partial charge in [-0.15, -0.1) is 0 Å². The Hall–Kier alpha value is -0.820. The van der Waals surface area contributed by atoms with Crippen LogP contribution < -0.4 is 34.5 Å². The molecule has 1 aromatic rings. The molecular formula is C12H8BrNNaO4+. The number of imide groups is 1. The number of hydrogen-bond donors (Lipinski definition) is 0. The van der Waals surface area contributed by atoms with Crippen molar-refractivity contribution in [2.24, 2.45) is 5.92 Å². The minimum atomic E-state index is -1.49. The Balaban J connectivity index is 0.00000180. The molecule has 7 heteroatoms. The standard InChI is InChI=1S/C12H8BrNO4.Na/c1-6(15)9-10(16)12(18)14(11(9)17)8-4-2-7(13)3-5-8;/h2-5,9H,1H3;/q;+1. The van der Waals surface area contributed by atoms with Crippen molar-refractivity contribution in [2.75, 3.05) is 4.90 Å². The molecule has 0 bridgehead atoms. The average molecular weight is 333 g/mol. The van der Waals surface area contributed by atoms with Gasteiger partial charge >= 0.3 is 35.5 Å². The second-order valence-corrected chi connectivity index (χ2v) is 4.78. The van der Waals surface area contributed by atoms with Gasteiger partial charge in [0.05, 0.1) is 5.69 Å². The van der Waals surface area contributed by atoms with E-state index in [0.29, 0.717) is 0 Å². The van der Waals surface area contributed by atoms with Gasteiger partial charge in [-0.25, -0.2) is 4.90 Å². The number of Topliss-reactive ketones (excluding diaryl/α,β-unsaturated/α-hetero) is 2. The van der Waals surface area contributed by atoms with E-state index in [1.807, 2.05) is 0 Å². The molecule has 1 unspecified atom stereocenters. The first-order valence-electron chi connectivity index (χ1n) is 5.11. The SMILES string of the molecule is CC(=O)C1C(=O)C(=O)N(c2ccc(Br)cc2)C1=O.[Na+].